The zero-order valence-electron chi connectivity index (χ0n) is 10.4. The van der Waals surface area contributed by atoms with E-state index in [0.29, 0.717) is 22.8 Å². The Morgan fingerprint density at radius 2 is 2.21 bits per heavy atom. The van der Waals surface area contributed by atoms with Crippen LogP contribution in [0.5, 0.6) is 11.6 Å². The highest BCUT2D eigenvalue weighted by atomic mass is 16.5. The van der Waals surface area contributed by atoms with Gasteiger partial charge in [0.25, 0.3) is 5.88 Å². The highest BCUT2D eigenvalue weighted by molar-refractivity contribution is 5.77. The van der Waals surface area contributed by atoms with Crippen LogP contribution in [0.3, 0.4) is 0 Å². The van der Waals surface area contributed by atoms with Crippen molar-refractivity contribution in [1.82, 2.24) is 19.9 Å². The van der Waals surface area contributed by atoms with Gasteiger partial charge in [0.2, 0.25) is 5.95 Å². The number of nitrogens with two attached hydrogens (primary N) is 1. The lowest BCUT2D eigenvalue weighted by molar-refractivity contribution is 0.467. The molecule has 0 amide bonds. The average Bonchev–Trinajstić information content (AvgIpc) is 2.87. The summed E-state index contributed by atoms with van der Waals surface area (Å²) in [5.41, 5.74) is 7.96. The monoisotopic (exact) mass is 255 g/mol. The first kappa shape index (κ1) is 11.5. The maximum Gasteiger partial charge on any atom is 0.250 e. The van der Waals surface area contributed by atoms with Gasteiger partial charge in [-0.15, -0.1) is 0 Å². The SMILES string of the molecule is CCc1cccc(Oc2nc(N)nc3nc[nH]c23)c1. The second kappa shape index (κ2) is 4.56. The highest BCUT2D eigenvalue weighted by Crippen LogP contribution is 2.26. The number of benzene rings is 1. The van der Waals surface area contributed by atoms with E-state index in [4.69, 9.17) is 10.5 Å². The third kappa shape index (κ3) is 2.20. The van der Waals surface area contributed by atoms with Gasteiger partial charge in [0.15, 0.2) is 5.65 Å². The van der Waals surface area contributed by atoms with Crippen LogP contribution in [-0.4, -0.2) is 19.9 Å². The van der Waals surface area contributed by atoms with Crippen molar-refractivity contribution in [2.45, 2.75) is 13.3 Å². The lowest BCUT2D eigenvalue weighted by Crippen LogP contribution is -1.98. The van der Waals surface area contributed by atoms with Crippen LogP contribution in [0.1, 0.15) is 12.5 Å². The van der Waals surface area contributed by atoms with Crippen LogP contribution in [0.15, 0.2) is 30.6 Å². The van der Waals surface area contributed by atoms with Crippen molar-refractivity contribution < 1.29 is 4.74 Å². The molecule has 6 nitrogen and oxygen atoms in total. The van der Waals surface area contributed by atoms with E-state index in [9.17, 15) is 0 Å². The number of rotatable bonds is 3. The van der Waals surface area contributed by atoms with E-state index >= 15 is 0 Å². The van der Waals surface area contributed by atoms with Gasteiger partial charge in [0.1, 0.15) is 11.3 Å². The number of aromatic nitrogens is 4. The summed E-state index contributed by atoms with van der Waals surface area (Å²) in [4.78, 5) is 15.1. The zero-order chi connectivity index (χ0) is 13.2. The van der Waals surface area contributed by atoms with E-state index in [-0.39, 0.29) is 5.95 Å². The second-order valence-corrected chi connectivity index (χ2v) is 4.09. The van der Waals surface area contributed by atoms with E-state index in [1.165, 1.54) is 11.9 Å². The Balaban J connectivity index is 2.02. The van der Waals surface area contributed by atoms with Crippen molar-refractivity contribution >= 4 is 17.1 Å². The third-order valence-corrected chi connectivity index (χ3v) is 2.79. The van der Waals surface area contributed by atoms with Crippen molar-refractivity contribution in [3.05, 3.63) is 36.2 Å². The molecule has 2 heterocycles. The first-order valence-corrected chi connectivity index (χ1v) is 5.99. The van der Waals surface area contributed by atoms with Crippen LogP contribution in [0.4, 0.5) is 5.95 Å². The van der Waals surface area contributed by atoms with Crippen molar-refractivity contribution in [2.24, 2.45) is 0 Å². The van der Waals surface area contributed by atoms with Gasteiger partial charge in [-0.2, -0.15) is 9.97 Å². The standard InChI is InChI=1S/C13H13N5O/c1-2-8-4-3-5-9(6-8)19-12-10-11(16-7-15-10)17-13(14)18-12/h3-7H,2H2,1H3,(H3,14,15,16,17,18). The summed E-state index contributed by atoms with van der Waals surface area (Å²) in [5, 5.41) is 0. The molecule has 1 aromatic carbocycles. The number of hydrogen-bond acceptors (Lipinski definition) is 5. The van der Waals surface area contributed by atoms with Crippen molar-refractivity contribution in [1.29, 1.82) is 0 Å². The maximum atomic E-state index is 5.77. The van der Waals surface area contributed by atoms with Gasteiger partial charge in [-0.1, -0.05) is 19.1 Å². The minimum absolute atomic E-state index is 0.140. The lowest BCUT2D eigenvalue weighted by atomic mass is 10.2. The number of nitrogen functional groups attached to an aromatic ring is 1. The Kier molecular flexibility index (Phi) is 2.75. The number of H-pyrrole nitrogens is 1. The number of anilines is 1. The Morgan fingerprint density at radius 3 is 3.05 bits per heavy atom. The number of nitrogens with one attached hydrogen (secondary N) is 1. The third-order valence-electron chi connectivity index (χ3n) is 2.79. The van der Waals surface area contributed by atoms with Crippen molar-refractivity contribution in [3.63, 3.8) is 0 Å². The highest BCUT2D eigenvalue weighted by Gasteiger charge is 2.10. The Hall–Kier alpha value is -2.63. The van der Waals surface area contributed by atoms with Crippen LogP contribution in [-0.2, 0) is 6.42 Å². The minimum atomic E-state index is 0.140. The first-order chi connectivity index (χ1) is 9.26. The van der Waals surface area contributed by atoms with Crippen LogP contribution >= 0.6 is 0 Å². The molecule has 0 saturated heterocycles. The summed E-state index contributed by atoms with van der Waals surface area (Å²) in [5.74, 6) is 1.24. The Bertz CT molecular complexity index is 722. The molecule has 2 aromatic heterocycles. The average molecular weight is 255 g/mol. The molecule has 0 spiro atoms. The normalized spacial score (nSPS) is 10.8. The molecule has 0 saturated carbocycles. The molecule has 3 N–H and O–H groups in total. The molecular formula is C13H13N5O. The molecule has 19 heavy (non-hydrogen) atoms. The van der Waals surface area contributed by atoms with Gasteiger partial charge in [-0.3, -0.25) is 0 Å². The number of aromatic amines is 1. The van der Waals surface area contributed by atoms with Gasteiger partial charge in [0.05, 0.1) is 6.33 Å². The van der Waals surface area contributed by atoms with E-state index in [1.807, 2.05) is 24.3 Å². The summed E-state index contributed by atoms with van der Waals surface area (Å²) in [6, 6.07) is 7.84. The largest absolute Gasteiger partial charge is 0.437 e. The molecule has 0 aliphatic heterocycles. The first-order valence-electron chi connectivity index (χ1n) is 5.99. The molecule has 0 atom stereocenters. The molecule has 3 aromatic rings. The molecule has 0 unspecified atom stereocenters. The van der Waals surface area contributed by atoms with Gasteiger partial charge in [-0.25, -0.2) is 4.98 Å². The fourth-order valence-electron chi connectivity index (χ4n) is 1.84. The van der Waals surface area contributed by atoms with E-state index in [2.05, 4.69) is 26.9 Å². The van der Waals surface area contributed by atoms with Crippen molar-refractivity contribution in [3.8, 4) is 11.6 Å². The predicted octanol–water partition coefficient (Wildman–Crippen LogP) is 2.29. The number of nitrogens with zero attached hydrogens (tertiary/aromatic N) is 3. The van der Waals surface area contributed by atoms with Gasteiger partial charge < -0.3 is 15.5 Å². The van der Waals surface area contributed by atoms with Crippen LogP contribution in [0.25, 0.3) is 11.2 Å². The molecule has 0 fully saturated rings. The number of hydrogen-bond donors (Lipinski definition) is 2. The fraction of sp³-hybridized carbons (Fsp3) is 0.154. The summed E-state index contributed by atoms with van der Waals surface area (Å²) >= 11 is 0. The molecule has 0 aliphatic carbocycles. The van der Waals surface area contributed by atoms with E-state index < -0.39 is 0 Å². The minimum Gasteiger partial charge on any atom is -0.437 e. The maximum absolute atomic E-state index is 5.77. The Morgan fingerprint density at radius 1 is 1.32 bits per heavy atom. The summed E-state index contributed by atoms with van der Waals surface area (Å²) in [6.07, 6.45) is 2.48. The van der Waals surface area contributed by atoms with Crippen LogP contribution < -0.4 is 10.5 Å². The zero-order valence-corrected chi connectivity index (χ0v) is 10.4. The van der Waals surface area contributed by atoms with Crippen LogP contribution in [0.2, 0.25) is 0 Å². The van der Waals surface area contributed by atoms with E-state index in [0.717, 1.165) is 6.42 Å². The fourth-order valence-corrected chi connectivity index (χ4v) is 1.84. The number of fused-ring (bicyclic) bond motifs is 1. The second-order valence-electron chi connectivity index (χ2n) is 4.09. The number of ether oxygens (including phenoxy) is 1. The molecule has 96 valence electrons. The van der Waals surface area contributed by atoms with E-state index in [1.54, 1.807) is 0 Å². The molecule has 3 rings (SSSR count). The molecular weight excluding hydrogens is 242 g/mol. The molecule has 6 heteroatoms. The lowest BCUT2D eigenvalue weighted by Gasteiger charge is -2.07. The number of aryl methyl sites for hydroxylation is 1. The summed E-state index contributed by atoms with van der Waals surface area (Å²) in [7, 11) is 0. The van der Waals surface area contributed by atoms with Gasteiger partial charge in [0, 0.05) is 0 Å². The molecule has 0 aliphatic rings. The van der Waals surface area contributed by atoms with Crippen LogP contribution in [0, 0.1) is 0 Å². The number of imidazole rings is 1. The van der Waals surface area contributed by atoms with Gasteiger partial charge >= 0.3 is 0 Å². The summed E-state index contributed by atoms with van der Waals surface area (Å²) in [6.45, 7) is 2.09. The topological polar surface area (TPSA) is 89.7 Å². The smallest absolute Gasteiger partial charge is 0.250 e. The van der Waals surface area contributed by atoms with Gasteiger partial charge in [-0.05, 0) is 24.1 Å². The Labute approximate surface area is 109 Å². The quantitative estimate of drug-likeness (QED) is 0.749. The summed E-state index contributed by atoms with van der Waals surface area (Å²) < 4.78 is 5.77. The molecule has 0 bridgehead atoms. The molecule has 0 radical (unpaired) electrons. The van der Waals surface area contributed by atoms with Crippen molar-refractivity contribution in [2.75, 3.05) is 5.73 Å². The predicted molar refractivity (Wildman–Crippen MR) is 72.0 cm³/mol.